The minimum atomic E-state index is -0.946. The maximum Gasteiger partial charge on any atom is 0.321 e. The first-order chi connectivity index (χ1) is 6.70. The van der Waals surface area contributed by atoms with Crippen LogP contribution in [0.1, 0.15) is 12.8 Å². The zero-order chi connectivity index (χ0) is 10.4. The third-order valence-corrected chi connectivity index (χ3v) is 2.48. The molecule has 4 N–H and O–H groups in total. The van der Waals surface area contributed by atoms with Gasteiger partial charge in [-0.3, -0.25) is 4.79 Å². The van der Waals surface area contributed by atoms with E-state index < -0.39 is 12.0 Å². The van der Waals surface area contributed by atoms with Gasteiger partial charge in [0.05, 0.1) is 0 Å². The molecule has 1 fully saturated rings. The van der Waals surface area contributed by atoms with Crippen molar-refractivity contribution in [2.75, 3.05) is 32.7 Å². The maximum atomic E-state index is 10.4. The standard InChI is InChI=1S/C9H19N3O2/c10-8(9(13)14)7-11-3-6-12-4-1-2-5-12/h8,11H,1-7,10H2,(H,13,14). The number of rotatable bonds is 6. The molecule has 1 atom stereocenters. The van der Waals surface area contributed by atoms with Gasteiger partial charge in [-0.2, -0.15) is 0 Å². The third-order valence-electron chi connectivity index (χ3n) is 2.48. The molecule has 0 saturated carbocycles. The molecule has 1 heterocycles. The van der Waals surface area contributed by atoms with E-state index in [0.717, 1.165) is 13.1 Å². The van der Waals surface area contributed by atoms with E-state index in [2.05, 4.69) is 10.2 Å². The fourth-order valence-electron chi connectivity index (χ4n) is 1.59. The number of hydrogen-bond acceptors (Lipinski definition) is 4. The molecule has 0 radical (unpaired) electrons. The van der Waals surface area contributed by atoms with Crippen molar-refractivity contribution in [3.63, 3.8) is 0 Å². The molecule has 1 unspecified atom stereocenters. The second kappa shape index (κ2) is 5.95. The van der Waals surface area contributed by atoms with Crippen molar-refractivity contribution < 1.29 is 9.90 Å². The van der Waals surface area contributed by atoms with Crippen molar-refractivity contribution in [1.82, 2.24) is 10.2 Å². The average molecular weight is 201 g/mol. The molecule has 1 aliphatic heterocycles. The number of nitrogens with two attached hydrogens (primary N) is 1. The highest BCUT2D eigenvalue weighted by Crippen LogP contribution is 2.05. The first-order valence-electron chi connectivity index (χ1n) is 5.11. The van der Waals surface area contributed by atoms with Crippen LogP contribution >= 0.6 is 0 Å². The van der Waals surface area contributed by atoms with Crippen LogP contribution in [-0.4, -0.2) is 54.7 Å². The lowest BCUT2D eigenvalue weighted by atomic mass is 10.3. The molecule has 14 heavy (non-hydrogen) atoms. The minimum Gasteiger partial charge on any atom is -0.480 e. The zero-order valence-electron chi connectivity index (χ0n) is 8.41. The number of carboxylic acids is 1. The van der Waals surface area contributed by atoms with Gasteiger partial charge >= 0.3 is 5.97 Å². The summed E-state index contributed by atoms with van der Waals surface area (Å²) in [5.41, 5.74) is 5.34. The molecule has 82 valence electrons. The van der Waals surface area contributed by atoms with Crippen molar-refractivity contribution >= 4 is 5.97 Å². The Morgan fingerprint density at radius 1 is 1.50 bits per heavy atom. The van der Waals surface area contributed by atoms with Gasteiger partial charge in [0.1, 0.15) is 6.04 Å². The summed E-state index contributed by atoms with van der Waals surface area (Å²) in [6, 6.07) is -0.784. The second-order valence-electron chi connectivity index (χ2n) is 3.70. The lowest BCUT2D eigenvalue weighted by Gasteiger charge is -2.15. The SMILES string of the molecule is NC(CNCCN1CCCC1)C(=O)O. The van der Waals surface area contributed by atoms with Crippen LogP contribution in [0.3, 0.4) is 0 Å². The molecule has 0 aromatic carbocycles. The molecule has 0 aromatic rings. The van der Waals surface area contributed by atoms with E-state index >= 15 is 0 Å². The Balaban J connectivity index is 1.95. The largest absolute Gasteiger partial charge is 0.480 e. The predicted octanol–water partition coefficient (Wildman–Crippen LogP) is -0.916. The summed E-state index contributed by atoms with van der Waals surface area (Å²) in [6.07, 6.45) is 2.57. The van der Waals surface area contributed by atoms with Crippen LogP contribution in [0.4, 0.5) is 0 Å². The van der Waals surface area contributed by atoms with Crippen molar-refractivity contribution in [2.24, 2.45) is 5.73 Å². The minimum absolute atomic E-state index is 0.350. The van der Waals surface area contributed by atoms with Crippen molar-refractivity contribution in [3.8, 4) is 0 Å². The Morgan fingerprint density at radius 3 is 2.71 bits per heavy atom. The molecule has 5 heteroatoms. The smallest absolute Gasteiger partial charge is 0.321 e. The van der Waals surface area contributed by atoms with Gasteiger partial charge in [0.2, 0.25) is 0 Å². The zero-order valence-corrected chi connectivity index (χ0v) is 8.41. The van der Waals surface area contributed by atoms with E-state index in [1.54, 1.807) is 0 Å². The molecule has 0 aliphatic carbocycles. The molecule has 0 amide bonds. The predicted molar refractivity (Wildman–Crippen MR) is 54.2 cm³/mol. The summed E-state index contributed by atoms with van der Waals surface area (Å²) in [5, 5.41) is 11.6. The van der Waals surface area contributed by atoms with Gasteiger partial charge in [-0.25, -0.2) is 0 Å². The molecule has 1 saturated heterocycles. The number of carbonyl (C=O) groups is 1. The second-order valence-corrected chi connectivity index (χ2v) is 3.70. The highest BCUT2D eigenvalue weighted by atomic mass is 16.4. The number of carboxylic acid groups (broad SMARTS) is 1. The van der Waals surface area contributed by atoms with Crippen LogP contribution in [0.25, 0.3) is 0 Å². The van der Waals surface area contributed by atoms with Gasteiger partial charge < -0.3 is 21.1 Å². The highest BCUT2D eigenvalue weighted by Gasteiger charge is 2.12. The van der Waals surface area contributed by atoms with Gasteiger partial charge in [-0.15, -0.1) is 0 Å². The topological polar surface area (TPSA) is 78.6 Å². The normalized spacial score (nSPS) is 19.8. The van der Waals surface area contributed by atoms with Crippen LogP contribution in [-0.2, 0) is 4.79 Å². The van der Waals surface area contributed by atoms with Gasteiger partial charge in [-0.1, -0.05) is 0 Å². The van der Waals surface area contributed by atoms with Crippen LogP contribution in [0.15, 0.2) is 0 Å². The van der Waals surface area contributed by atoms with Crippen molar-refractivity contribution in [1.29, 1.82) is 0 Å². The van der Waals surface area contributed by atoms with Crippen molar-refractivity contribution in [2.45, 2.75) is 18.9 Å². The van der Waals surface area contributed by atoms with Gasteiger partial charge in [0.15, 0.2) is 0 Å². The Bertz CT molecular complexity index is 181. The Hall–Kier alpha value is -0.650. The number of likely N-dealkylation sites (tertiary alicyclic amines) is 1. The molecule has 1 rings (SSSR count). The van der Waals surface area contributed by atoms with Crippen LogP contribution in [0.5, 0.6) is 0 Å². The van der Waals surface area contributed by atoms with E-state index in [9.17, 15) is 4.79 Å². The number of aliphatic carboxylic acids is 1. The monoisotopic (exact) mass is 201 g/mol. The molecule has 0 bridgehead atoms. The van der Waals surface area contributed by atoms with E-state index in [-0.39, 0.29) is 0 Å². The van der Waals surface area contributed by atoms with Crippen LogP contribution in [0.2, 0.25) is 0 Å². The fraction of sp³-hybridized carbons (Fsp3) is 0.889. The molecular weight excluding hydrogens is 182 g/mol. The first-order valence-corrected chi connectivity index (χ1v) is 5.11. The summed E-state index contributed by atoms with van der Waals surface area (Å²) in [4.78, 5) is 12.7. The van der Waals surface area contributed by atoms with E-state index in [4.69, 9.17) is 10.8 Å². The maximum absolute atomic E-state index is 10.4. The lowest BCUT2D eigenvalue weighted by molar-refractivity contribution is -0.138. The average Bonchev–Trinajstić information content (AvgIpc) is 2.64. The lowest BCUT2D eigenvalue weighted by Crippen LogP contribution is -2.42. The summed E-state index contributed by atoms with van der Waals surface area (Å²) in [6.45, 7) is 4.51. The summed E-state index contributed by atoms with van der Waals surface area (Å²) in [7, 11) is 0. The first kappa shape index (κ1) is 11.4. The summed E-state index contributed by atoms with van der Waals surface area (Å²) < 4.78 is 0. The van der Waals surface area contributed by atoms with E-state index in [1.165, 1.54) is 25.9 Å². The molecule has 0 aromatic heterocycles. The van der Waals surface area contributed by atoms with Crippen LogP contribution < -0.4 is 11.1 Å². The summed E-state index contributed by atoms with van der Waals surface area (Å²) in [5.74, 6) is -0.946. The van der Waals surface area contributed by atoms with Gasteiger partial charge in [0, 0.05) is 19.6 Å². The summed E-state index contributed by atoms with van der Waals surface area (Å²) >= 11 is 0. The molecule has 0 spiro atoms. The quantitative estimate of drug-likeness (QED) is 0.485. The Morgan fingerprint density at radius 2 is 2.14 bits per heavy atom. The van der Waals surface area contributed by atoms with Crippen LogP contribution in [0, 0.1) is 0 Å². The number of hydrogen-bond donors (Lipinski definition) is 3. The molecule has 1 aliphatic rings. The fourth-order valence-corrected chi connectivity index (χ4v) is 1.59. The number of nitrogens with one attached hydrogen (secondary N) is 1. The Kier molecular flexibility index (Phi) is 4.86. The Labute approximate surface area is 84.3 Å². The highest BCUT2D eigenvalue weighted by molar-refractivity contribution is 5.73. The van der Waals surface area contributed by atoms with E-state index in [0.29, 0.717) is 6.54 Å². The molecule has 5 nitrogen and oxygen atoms in total. The van der Waals surface area contributed by atoms with Gasteiger partial charge in [-0.05, 0) is 25.9 Å². The number of nitrogens with zero attached hydrogens (tertiary/aromatic N) is 1. The third kappa shape index (κ3) is 4.04. The van der Waals surface area contributed by atoms with E-state index in [1.807, 2.05) is 0 Å². The van der Waals surface area contributed by atoms with Crippen molar-refractivity contribution in [3.05, 3.63) is 0 Å². The molecular formula is C9H19N3O2. The van der Waals surface area contributed by atoms with Gasteiger partial charge in [0.25, 0.3) is 0 Å².